The van der Waals surface area contributed by atoms with Crippen molar-refractivity contribution in [2.75, 3.05) is 5.01 Å². The number of para-hydroxylation sites is 2. The first-order valence-electron chi connectivity index (χ1n) is 9.53. The highest BCUT2D eigenvalue weighted by Gasteiger charge is 2.70. The van der Waals surface area contributed by atoms with Crippen LogP contribution in [0.15, 0.2) is 34.6 Å². The van der Waals surface area contributed by atoms with E-state index in [1.54, 1.807) is 23.2 Å². The van der Waals surface area contributed by atoms with Crippen molar-refractivity contribution in [3.8, 4) is 0 Å². The highest BCUT2D eigenvalue weighted by Crippen LogP contribution is 2.61. The van der Waals surface area contributed by atoms with E-state index in [-0.39, 0.29) is 53.3 Å². The molecule has 2 saturated carbocycles. The van der Waals surface area contributed by atoms with E-state index in [0.29, 0.717) is 5.69 Å². The zero-order valence-electron chi connectivity index (χ0n) is 15.8. The van der Waals surface area contributed by atoms with Gasteiger partial charge in [-0.05, 0) is 45.1 Å². The van der Waals surface area contributed by atoms with Gasteiger partial charge >= 0.3 is 0 Å². The molecule has 1 aromatic carbocycles. The van der Waals surface area contributed by atoms with Crippen molar-refractivity contribution in [3.63, 3.8) is 0 Å². The molecule has 28 heavy (non-hydrogen) atoms. The van der Waals surface area contributed by atoms with Crippen molar-refractivity contribution in [1.29, 1.82) is 0 Å². The first-order chi connectivity index (χ1) is 13.2. The molecular formula is C19H21N5O4. The zero-order chi connectivity index (χ0) is 20.0. The van der Waals surface area contributed by atoms with Crippen LogP contribution >= 0.6 is 0 Å². The molecule has 3 fully saturated rings. The molecule has 0 N–H and O–H groups in total. The van der Waals surface area contributed by atoms with E-state index in [2.05, 4.69) is 10.3 Å². The van der Waals surface area contributed by atoms with E-state index in [0.717, 1.165) is 6.42 Å². The highest BCUT2D eigenvalue weighted by atomic mass is 16.6. The molecule has 146 valence electrons. The molecule has 9 heteroatoms. The average Bonchev–Trinajstić information content (AvgIpc) is 3.34. The standard InChI is InChI=1S/C19H21N5O4/c1-19(2,3)22-17(25)13-9-8-10(14(13)18(22)26)16-15(9)20-21-23(16)11-6-4-5-7-12(11)24(27)28/h4-7,9-10,13-16H,8H2,1-3H3/t9-,10+,13-,14-,15+,16+/m0/s1. The lowest BCUT2D eigenvalue weighted by Gasteiger charge is -2.33. The Morgan fingerprint density at radius 3 is 2.39 bits per heavy atom. The fourth-order valence-corrected chi connectivity index (χ4v) is 5.77. The Hall–Kier alpha value is -2.84. The van der Waals surface area contributed by atoms with Gasteiger partial charge in [0.1, 0.15) is 5.69 Å². The van der Waals surface area contributed by atoms with E-state index in [1.165, 1.54) is 11.0 Å². The number of rotatable bonds is 2. The summed E-state index contributed by atoms with van der Waals surface area (Å²) in [7, 11) is 0. The maximum Gasteiger partial charge on any atom is 0.294 e. The minimum atomic E-state index is -0.563. The number of carbonyl (C=O) groups excluding carboxylic acids is 2. The lowest BCUT2D eigenvalue weighted by atomic mass is 9.76. The van der Waals surface area contributed by atoms with E-state index in [4.69, 9.17) is 0 Å². The number of fused-ring (bicyclic) bond motifs is 8. The lowest BCUT2D eigenvalue weighted by Crippen LogP contribution is -2.47. The summed E-state index contributed by atoms with van der Waals surface area (Å²) in [6.07, 6.45) is 0.732. The molecule has 0 spiro atoms. The Balaban J connectivity index is 1.53. The van der Waals surface area contributed by atoms with Crippen molar-refractivity contribution in [2.45, 2.75) is 44.8 Å². The number of imide groups is 1. The summed E-state index contributed by atoms with van der Waals surface area (Å²) < 4.78 is 0. The summed E-state index contributed by atoms with van der Waals surface area (Å²) in [6, 6.07) is 6.02. The summed E-state index contributed by atoms with van der Waals surface area (Å²) in [5.41, 5.74) is -0.212. The number of hydrogen-bond donors (Lipinski definition) is 0. The zero-order valence-corrected chi connectivity index (χ0v) is 15.8. The number of nitro benzene ring substituents is 1. The first kappa shape index (κ1) is 17.3. The molecule has 2 bridgehead atoms. The summed E-state index contributed by atoms with van der Waals surface area (Å²) in [6.45, 7) is 5.60. The van der Waals surface area contributed by atoms with Crippen LogP contribution in [0.4, 0.5) is 11.4 Å². The highest BCUT2D eigenvalue weighted by molar-refractivity contribution is 6.07. The molecule has 0 aromatic heterocycles. The Labute approximate surface area is 161 Å². The van der Waals surface area contributed by atoms with Crippen LogP contribution in [0, 0.1) is 33.8 Å². The van der Waals surface area contributed by atoms with Gasteiger partial charge in [-0.2, -0.15) is 5.11 Å². The summed E-state index contributed by atoms with van der Waals surface area (Å²) in [5.74, 6) is -1.08. The molecule has 2 aliphatic carbocycles. The Kier molecular flexibility index (Phi) is 3.31. The molecular weight excluding hydrogens is 362 g/mol. The molecule has 6 atom stereocenters. The van der Waals surface area contributed by atoms with Gasteiger partial charge in [0.05, 0.1) is 28.8 Å². The molecule has 2 heterocycles. The number of benzene rings is 1. The van der Waals surface area contributed by atoms with Crippen LogP contribution in [-0.4, -0.2) is 39.3 Å². The van der Waals surface area contributed by atoms with E-state index >= 15 is 0 Å². The number of carbonyl (C=O) groups is 2. The Morgan fingerprint density at radius 2 is 1.75 bits per heavy atom. The third kappa shape index (κ3) is 2.01. The van der Waals surface area contributed by atoms with Gasteiger partial charge in [-0.15, -0.1) is 0 Å². The van der Waals surface area contributed by atoms with Gasteiger partial charge in [0.2, 0.25) is 11.8 Å². The minimum Gasteiger partial charge on any atom is -0.277 e. The average molecular weight is 383 g/mol. The van der Waals surface area contributed by atoms with E-state index < -0.39 is 10.5 Å². The molecule has 2 amide bonds. The van der Waals surface area contributed by atoms with Crippen molar-refractivity contribution in [1.82, 2.24) is 4.90 Å². The normalized spacial score (nSPS) is 35.7. The number of nitro groups is 1. The third-order valence-electron chi connectivity index (χ3n) is 6.65. The predicted octanol–water partition coefficient (Wildman–Crippen LogP) is 2.57. The van der Waals surface area contributed by atoms with Gasteiger partial charge in [0.15, 0.2) is 0 Å². The van der Waals surface area contributed by atoms with Gasteiger partial charge in [0, 0.05) is 11.6 Å². The smallest absolute Gasteiger partial charge is 0.277 e. The van der Waals surface area contributed by atoms with E-state index in [9.17, 15) is 19.7 Å². The fourth-order valence-electron chi connectivity index (χ4n) is 5.77. The van der Waals surface area contributed by atoms with Crippen molar-refractivity contribution in [2.24, 2.45) is 34.0 Å². The minimum absolute atomic E-state index is 0.0356. The van der Waals surface area contributed by atoms with Crippen molar-refractivity contribution in [3.05, 3.63) is 34.4 Å². The topological polar surface area (TPSA) is 108 Å². The van der Waals surface area contributed by atoms with Crippen LogP contribution in [0.1, 0.15) is 27.2 Å². The monoisotopic (exact) mass is 383 g/mol. The quantitative estimate of drug-likeness (QED) is 0.443. The van der Waals surface area contributed by atoms with Crippen LogP contribution < -0.4 is 5.01 Å². The Bertz CT molecular complexity index is 938. The second-order valence-corrected chi connectivity index (χ2v) is 9.07. The molecule has 9 nitrogen and oxygen atoms in total. The van der Waals surface area contributed by atoms with Crippen LogP contribution in [0.25, 0.3) is 0 Å². The maximum atomic E-state index is 13.2. The number of hydrogen-bond acceptors (Lipinski definition) is 7. The van der Waals surface area contributed by atoms with Crippen molar-refractivity contribution < 1.29 is 14.5 Å². The maximum absolute atomic E-state index is 13.2. The van der Waals surface area contributed by atoms with Crippen LogP contribution in [0.5, 0.6) is 0 Å². The molecule has 1 saturated heterocycles. The molecule has 0 unspecified atom stereocenters. The van der Waals surface area contributed by atoms with Crippen LogP contribution in [-0.2, 0) is 9.59 Å². The van der Waals surface area contributed by atoms with Crippen LogP contribution in [0.3, 0.4) is 0 Å². The molecule has 5 rings (SSSR count). The van der Waals surface area contributed by atoms with E-state index in [1.807, 2.05) is 20.8 Å². The molecule has 2 aliphatic heterocycles. The van der Waals surface area contributed by atoms with Crippen LogP contribution in [0.2, 0.25) is 0 Å². The SMILES string of the molecule is CC(C)(C)N1C(=O)[C@H]2[C@@H]3C[C@H]([C@@H]2C1=O)[C@@H]1[C@@H]3N=NN1c1ccccc1[N+](=O)[O-]. The number of amides is 2. The molecule has 4 aliphatic rings. The molecule has 0 radical (unpaired) electrons. The van der Waals surface area contributed by atoms with Gasteiger partial charge in [0.25, 0.3) is 5.69 Å². The number of anilines is 1. The van der Waals surface area contributed by atoms with Gasteiger partial charge in [-0.1, -0.05) is 17.4 Å². The summed E-state index contributed by atoms with van der Waals surface area (Å²) >= 11 is 0. The third-order valence-corrected chi connectivity index (χ3v) is 6.65. The lowest BCUT2D eigenvalue weighted by molar-refractivity contribution is -0.384. The fraction of sp³-hybridized carbons (Fsp3) is 0.579. The Morgan fingerprint density at radius 1 is 1.11 bits per heavy atom. The summed E-state index contributed by atoms with van der Waals surface area (Å²) in [5, 5.41) is 21.7. The predicted molar refractivity (Wildman–Crippen MR) is 98.2 cm³/mol. The largest absolute Gasteiger partial charge is 0.294 e. The van der Waals surface area contributed by atoms with Crippen molar-refractivity contribution >= 4 is 23.2 Å². The van der Waals surface area contributed by atoms with Gasteiger partial charge in [-0.25, -0.2) is 5.01 Å². The summed E-state index contributed by atoms with van der Waals surface area (Å²) in [4.78, 5) is 38.6. The number of nitrogens with zero attached hydrogens (tertiary/aromatic N) is 5. The first-order valence-corrected chi connectivity index (χ1v) is 9.53. The second kappa shape index (κ2) is 5.36. The number of likely N-dealkylation sites (tertiary alicyclic amines) is 1. The van der Waals surface area contributed by atoms with Gasteiger partial charge < -0.3 is 0 Å². The second-order valence-electron chi connectivity index (χ2n) is 9.07. The molecule has 1 aromatic rings. The van der Waals surface area contributed by atoms with Gasteiger partial charge in [-0.3, -0.25) is 24.6 Å².